The molecule has 0 heterocycles. The van der Waals surface area contributed by atoms with E-state index < -0.39 is 29.0 Å². The van der Waals surface area contributed by atoms with E-state index in [0.717, 1.165) is 12.3 Å². The van der Waals surface area contributed by atoms with Crippen LogP contribution in [0.25, 0.3) is 0 Å². The number of aromatic hydroxyl groups is 2. The molecule has 0 fully saturated rings. The van der Waals surface area contributed by atoms with Gasteiger partial charge < -0.3 is 15.1 Å². The summed E-state index contributed by atoms with van der Waals surface area (Å²) >= 11 is 0. The second-order valence-electron chi connectivity index (χ2n) is 5.34. The van der Waals surface area contributed by atoms with E-state index >= 15 is 0 Å². The van der Waals surface area contributed by atoms with Gasteiger partial charge >= 0.3 is 5.97 Å². The summed E-state index contributed by atoms with van der Waals surface area (Å²) in [4.78, 5) is 40.8. The van der Waals surface area contributed by atoms with Gasteiger partial charge in [0.05, 0.1) is 17.3 Å². The first kappa shape index (κ1) is 16.4. The fourth-order valence-corrected chi connectivity index (χ4v) is 2.58. The van der Waals surface area contributed by atoms with Crippen molar-refractivity contribution in [3.63, 3.8) is 0 Å². The van der Waals surface area contributed by atoms with Gasteiger partial charge in [0.1, 0.15) is 11.5 Å². The predicted octanol–water partition coefficient (Wildman–Crippen LogP) is 2.16. The third kappa shape index (κ3) is 2.65. The molecular weight excluding hydrogens is 326 g/mol. The highest BCUT2D eigenvalue weighted by atomic mass is 16.7. The zero-order valence-corrected chi connectivity index (χ0v) is 13.1. The Morgan fingerprint density at radius 1 is 1.12 bits per heavy atom. The SMILES string of the molecule is CCC(=O)O/N=C/c1cc(O)c2c(c1O)C(=O)c1ccccc1C2=O. The number of benzene rings is 2. The van der Waals surface area contributed by atoms with Gasteiger partial charge in [-0.25, -0.2) is 4.79 Å². The van der Waals surface area contributed by atoms with E-state index in [0.29, 0.717) is 0 Å². The van der Waals surface area contributed by atoms with Crippen LogP contribution in [0.4, 0.5) is 0 Å². The van der Waals surface area contributed by atoms with Gasteiger partial charge in [0.2, 0.25) is 0 Å². The van der Waals surface area contributed by atoms with Crippen LogP contribution in [0.1, 0.15) is 50.8 Å². The molecule has 126 valence electrons. The van der Waals surface area contributed by atoms with E-state index in [1.165, 1.54) is 12.1 Å². The summed E-state index contributed by atoms with van der Waals surface area (Å²) in [5.74, 6) is -2.71. The van der Waals surface area contributed by atoms with Gasteiger partial charge in [0.15, 0.2) is 11.6 Å². The molecule has 25 heavy (non-hydrogen) atoms. The van der Waals surface area contributed by atoms with Crippen molar-refractivity contribution in [2.45, 2.75) is 13.3 Å². The van der Waals surface area contributed by atoms with Gasteiger partial charge in [-0.3, -0.25) is 9.59 Å². The zero-order valence-electron chi connectivity index (χ0n) is 13.1. The van der Waals surface area contributed by atoms with Crippen LogP contribution in [0, 0.1) is 0 Å². The van der Waals surface area contributed by atoms with Crippen molar-refractivity contribution in [1.82, 2.24) is 0 Å². The number of carbonyl (C=O) groups excluding carboxylic acids is 3. The number of fused-ring (bicyclic) bond motifs is 2. The van der Waals surface area contributed by atoms with E-state index in [-0.39, 0.29) is 34.2 Å². The molecule has 0 aliphatic heterocycles. The van der Waals surface area contributed by atoms with Crippen LogP contribution in [-0.2, 0) is 9.63 Å². The Hall–Kier alpha value is -3.48. The maximum Gasteiger partial charge on any atom is 0.334 e. The molecule has 0 spiro atoms. The summed E-state index contributed by atoms with van der Waals surface area (Å²) in [5.41, 5.74) is -0.314. The standard InChI is InChI=1S/C18H13NO6/c1-2-13(21)25-19-8-9-7-12(20)14-15(16(9)22)18(24)11-6-4-3-5-10(11)17(14)23/h3-8,20,22H,2H2,1H3/b19-8+. The summed E-state index contributed by atoms with van der Waals surface area (Å²) < 4.78 is 0. The van der Waals surface area contributed by atoms with Crippen molar-refractivity contribution in [2.24, 2.45) is 5.16 Å². The average Bonchev–Trinajstić information content (AvgIpc) is 2.62. The second kappa shape index (κ2) is 6.20. The number of phenolic OH excluding ortho intramolecular Hbond substituents is 2. The number of phenols is 2. The van der Waals surface area contributed by atoms with Crippen LogP contribution in [0.5, 0.6) is 11.5 Å². The highest BCUT2D eigenvalue weighted by Crippen LogP contribution is 2.39. The van der Waals surface area contributed by atoms with Gasteiger partial charge in [-0.15, -0.1) is 0 Å². The molecule has 0 amide bonds. The normalized spacial score (nSPS) is 12.8. The van der Waals surface area contributed by atoms with Crippen molar-refractivity contribution < 1.29 is 29.4 Å². The molecule has 2 N–H and O–H groups in total. The molecule has 0 radical (unpaired) electrons. The highest BCUT2D eigenvalue weighted by Gasteiger charge is 2.35. The lowest BCUT2D eigenvalue weighted by Crippen LogP contribution is -2.21. The average molecular weight is 339 g/mol. The van der Waals surface area contributed by atoms with E-state index in [1.807, 2.05) is 0 Å². The van der Waals surface area contributed by atoms with E-state index in [2.05, 4.69) is 9.99 Å². The van der Waals surface area contributed by atoms with Crippen LogP contribution < -0.4 is 0 Å². The third-order valence-electron chi connectivity index (χ3n) is 3.81. The minimum Gasteiger partial charge on any atom is -0.507 e. The Morgan fingerprint density at radius 2 is 1.72 bits per heavy atom. The Bertz CT molecular complexity index is 945. The first-order valence-electron chi connectivity index (χ1n) is 7.46. The van der Waals surface area contributed by atoms with Crippen LogP contribution in [0.15, 0.2) is 35.5 Å². The molecule has 0 saturated heterocycles. The molecule has 0 bridgehead atoms. The maximum atomic E-state index is 12.7. The lowest BCUT2D eigenvalue weighted by molar-refractivity contribution is -0.143. The monoisotopic (exact) mass is 339 g/mol. The lowest BCUT2D eigenvalue weighted by atomic mass is 9.82. The van der Waals surface area contributed by atoms with Crippen LogP contribution >= 0.6 is 0 Å². The Balaban J connectivity index is 2.12. The molecule has 3 rings (SSSR count). The smallest absolute Gasteiger partial charge is 0.334 e. The number of hydrogen-bond donors (Lipinski definition) is 2. The minimum atomic E-state index is -0.585. The molecule has 7 heteroatoms. The third-order valence-corrected chi connectivity index (χ3v) is 3.81. The van der Waals surface area contributed by atoms with Crippen molar-refractivity contribution >= 4 is 23.8 Å². The number of hydrogen-bond acceptors (Lipinski definition) is 7. The van der Waals surface area contributed by atoms with E-state index in [9.17, 15) is 24.6 Å². The van der Waals surface area contributed by atoms with Gasteiger partial charge in [-0.2, -0.15) is 0 Å². The molecule has 7 nitrogen and oxygen atoms in total. The molecule has 0 aromatic heterocycles. The Morgan fingerprint density at radius 3 is 2.32 bits per heavy atom. The van der Waals surface area contributed by atoms with Crippen LogP contribution in [0.3, 0.4) is 0 Å². The number of ketones is 2. The number of carbonyl (C=O) groups is 3. The zero-order chi connectivity index (χ0) is 18.1. The Kier molecular flexibility index (Phi) is 4.06. The summed E-state index contributed by atoms with van der Waals surface area (Å²) in [7, 11) is 0. The predicted molar refractivity (Wildman–Crippen MR) is 87.1 cm³/mol. The van der Waals surface area contributed by atoms with E-state index in [1.54, 1.807) is 19.1 Å². The van der Waals surface area contributed by atoms with Gasteiger partial charge in [-0.05, 0) is 6.07 Å². The molecule has 1 aliphatic carbocycles. The number of rotatable bonds is 3. The van der Waals surface area contributed by atoms with Gasteiger partial charge in [0, 0.05) is 23.1 Å². The molecule has 0 atom stereocenters. The summed E-state index contributed by atoms with van der Waals surface area (Å²) in [5, 5.41) is 24.0. The molecule has 0 unspecified atom stereocenters. The number of nitrogens with zero attached hydrogens (tertiary/aromatic N) is 1. The van der Waals surface area contributed by atoms with Crippen molar-refractivity contribution in [1.29, 1.82) is 0 Å². The molecule has 1 aliphatic rings. The van der Waals surface area contributed by atoms with Gasteiger partial charge in [0.25, 0.3) is 0 Å². The second-order valence-corrected chi connectivity index (χ2v) is 5.34. The summed E-state index contributed by atoms with van der Waals surface area (Å²) in [6, 6.07) is 7.24. The molecule has 2 aromatic rings. The fraction of sp³-hybridized carbons (Fsp3) is 0.111. The van der Waals surface area contributed by atoms with Crippen molar-refractivity contribution in [3.8, 4) is 11.5 Å². The maximum absolute atomic E-state index is 12.7. The highest BCUT2D eigenvalue weighted by molar-refractivity contribution is 6.30. The van der Waals surface area contributed by atoms with E-state index in [4.69, 9.17) is 0 Å². The van der Waals surface area contributed by atoms with Crippen molar-refractivity contribution in [2.75, 3.05) is 0 Å². The molecular formula is C18H13NO6. The number of oxime groups is 1. The molecule has 2 aromatic carbocycles. The fourth-order valence-electron chi connectivity index (χ4n) is 2.58. The first-order chi connectivity index (χ1) is 12.0. The quantitative estimate of drug-likeness (QED) is 0.327. The van der Waals surface area contributed by atoms with Crippen LogP contribution in [-0.4, -0.2) is 34.0 Å². The largest absolute Gasteiger partial charge is 0.507 e. The van der Waals surface area contributed by atoms with Crippen molar-refractivity contribution in [3.05, 3.63) is 58.1 Å². The van der Waals surface area contributed by atoms with Gasteiger partial charge in [-0.1, -0.05) is 36.3 Å². The lowest BCUT2D eigenvalue weighted by Gasteiger charge is -2.20. The summed E-state index contributed by atoms with van der Waals surface area (Å²) in [6.45, 7) is 1.59. The Labute approximate surface area is 142 Å². The first-order valence-corrected chi connectivity index (χ1v) is 7.46. The molecule has 0 saturated carbocycles. The summed E-state index contributed by atoms with van der Waals surface area (Å²) in [6.07, 6.45) is 1.10. The topological polar surface area (TPSA) is 113 Å². The minimum absolute atomic E-state index is 0.0549. The van der Waals surface area contributed by atoms with Crippen LogP contribution in [0.2, 0.25) is 0 Å².